The zero-order valence-electron chi connectivity index (χ0n) is 13.7. The summed E-state index contributed by atoms with van der Waals surface area (Å²) < 4.78 is 18.9. The van der Waals surface area contributed by atoms with Crippen molar-refractivity contribution >= 4 is 35.0 Å². The van der Waals surface area contributed by atoms with Gasteiger partial charge in [-0.15, -0.1) is 5.10 Å². The fourth-order valence-corrected chi connectivity index (χ4v) is 2.89. The van der Waals surface area contributed by atoms with Crippen molar-refractivity contribution in [3.8, 4) is 0 Å². The number of benzene rings is 1. The predicted molar refractivity (Wildman–Crippen MR) is 93.1 cm³/mol. The molecule has 25 heavy (non-hydrogen) atoms. The van der Waals surface area contributed by atoms with Gasteiger partial charge >= 0.3 is 5.97 Å². The molecular formula is C16H18FN3O4S. The molecule has 1 unspecified atom stereocenters. The molecule has 1 fully saturated rings. The quantitative estimate of drug-likeness (QED) is 0.568. The van der Waals surface area contributed by atoms with E-state index in [2.05, 4.69) is 15.5 Å². The van der Waals surface area contributed by atoms with E-state index in [0.29, 0.717) is 11.1 Å². The largest absolute Gasteiger partial charge is 0.481 e. The summed E-state index contributed by atoms with van der Waals surface area (Å²) in [6.45, 7) is 4.00. The van der Waals surface area contributed by atoms with Gasteiger partial charge in [-0.1, -0.05) is 17.8 Å². The number of amides is 1. The molecule has 9 heteroatoms. The Balaban J connectivity index is 2.06. The van der Waals surface area contributed by atoms with Gasteiger partial charge in [-0.25, -0.2) is 4.39 Å². The molecule has 0 aliphatic carbocycles. The molecule has 2 rings (SSSR count). The number of aliphatic carboxylic acids is 1. The van der Waals surface area contributed by atoms with Gasteiger partial charge in [-0.2, -0.15) is 5.10 Å². The maximum Gasteiger partial charge on any atom is 0.305 e. The first-order valence-corrected chi connectivity index (χ1v) is 8.43. The first kappa shape index (κ1) is 19.1. The molecule has 1 heterocycles. The molecule has 2 N–H and O–H groups in total. The van der Waals surface area contributed by atoms with E-state index in [-0.39, 0.29) is 30.1 Å². The number of ether oxygens (including phenoxy) is 1. The highest BCUT2D eigenvalue weighted by Crippen LogP contribution is 2.22. The normalized spacial score (nSPS) is 19.1. The lowest BCUT2D eigenvalue weighted by Gasteiger charge is -2.09. The highest BCUT2D eigenvalue weighted by atomic mass is 32.2. The van der Waals surface area contributed by atoms with E-state index in [0.717, 1.165) is 11.8 Å². The molecule has 0 spiro atoms. The van der Waals surface area contributed by atoms with Crippen LogP contribution in [0.15, 0.2) is 28.4 Å². The molecular weight excluding hydrogens is 349 g/mol. The lowest BCUT2D eigenvalue weighted by atomic mass is 10.1. The van der Waals surface area contributed by atoms with Gasteiger partial charge in [0.1, 0.15) is 11.1 Å². The van der Waals surface area contributed by atoms with Crippen LogP contribution in [0.4, 0.5) is 4.39 Å². The topological polar surface area (TPSA) is 100 Å². The van der Waals surface area contributed by atoms with Crippen molar-refractivity contribution < 1.29 is 23.8 Å². The van der Waals surface area contributed by atoms with Crippen molar-refractivity contribution in [3.63, 3.8) is 0 Å². The summed E-state index contributed by atoms with van der Waals surface area (Å²) in [5, 5.41) is 18.5. The third-order valence-corrected chi connectivity index (χ3v) is 4.23. The van der Waals surface area contributed by atoms with Crippen LogP contribution in [0, 0.1) is 5.82 Å². The Morgan fingerprint density at radius 2 is 2.28 bits per heavy atom. The number of nitrogens with one attached hydrogen (secondary N) is 1. The summed E-state index contributed by atoms with van der Waals surface area (Å²) in [5.41, 5.74) is 1.27. The van der Waals surface area contributed by atoms with Crippen LogP contribution in [0.25, 0.3) is 0 Å². The van der Waals surface area contributed by atoms with Gasteiger partial charge in [0.15, 0.2) is 5.17 Å². The van der Waals surface area contributed by atoms with E-state index in [9.17, 15) is 14.0 Å². The fraction of sp³-hybridized carbons (Fsp3) is 0.375. The van der Waals surface area contributed by atoms with Gasteiger partial charge in [0.25, 0.3) is 0 Å². The third kappa shape index (κ3) is 5.95. The van der Waals surface area contributed by atoms with E-state index in [4.69, 9.17) is 9.84 Å². The second-order valence-corrected chi connectivity index (χ2v) is 6.74. The van der Waals surface area contributed by atoms with Gasteiger partial charge in [-0.3, -0.25) is 9.59 Å². The molecule has 1 aromatic carbocycles. The molecule has 0 saturated carbocycles. The number of nitrogens with zero attached hydrogens (tertiary/aromatic N) is 2. The Labute approximate surface area is 148 Å². The number of carboxylic acids is 1. The maximum atomic E-state index is 13.4. The second-order valence-electron chi connectivity index (χ2n) is 5.55. The average molecular weight is 367 g/mol. The lowest BCUT2D eigenvalue weighted by Crippen LogP contribution is -2.26. The summed E-state index contributed by atoms with van der Waals surface area (Å²) in [7, 11) is 0. The van der Waals surface area contributed by atoms with Crippen LogP contribution in [-0.4, -0.2) is 39.7 Å². The molecule has 1 aliphatic rings. The molecule has 7 nitrogen and oxygen atoms in total. The minimum absolute atomic E-state index is 0.00423. The number of carbonyl (C=O) groups is 2. The summed E-state index contributed by atoms with van der Waals surface area (Å²) in [6, 6.07) is 4.24. The van der Waals surface area contributed by atoms with E-state index in [1.807, 2.05) is 13.8 Å². The molecule has 0 aromatic heterocycles. The van der Waals surface area contributed by atoms with Crippen LogP contribution in [0.2, 0.25) is 0 Å². The minimum atomic E-state index is -1.06. The predicted octanol–water partition coefficient (Wildman–Crippen LogP) is 2.15. The van der Waals surface area contributed by atoms with Gasteiger partial charge in [-0.05, 0) is 31.5 Å². The van der Waals surface area contributed by atoms with Crippen molar-refractivity contribution in [2.45, 2.75) is 38.2 Å². The van der Waals surface area contributed by atoms with E-state index < -0.39 is 17.1 Å². The Hall–Kier alpha value is -2.26. The zero-order valence-corrected chi connectivity index (χ0v) is 14.5. The molecule has 0 bridgehead atoms. The number of amidine groups is 1. The Bertz CT molecular complexity index is 721. The van der Waals surface area contributed by atoms with E-state index in [1.54, 1.807) is 6.07 Å². The minimum Gasteiger partial charge on any atom is -0.481 e. The fourth-order valence-electron chi connectivity index (χ4n) is 1.97. The van der Waals surface area contributed by atoms with Crippen molar-refractivity contribution in [2.75, 3.05) is 0 Å². The van der Waals surface area contributed by atoms with Gasteiger partial charge in [0, 0.05) is 5.56 Å². The standard InChI is InChI=1S/C16H18FN3O4S/c1-9(2)24-8-11-5-12(17)4-3-10(11)7-18-20-16-19-15(23)13(25-16)6-14(21)22/h3-5,7,9,13H,6,8H2,1-2H3,(H,21,22)(H,19,20,23). The van der Waals surface area contributed by atoms with Crippen molar-refractivity contribution in [3.05, 3.63) is 35.1 Å². The Kier molecular flexibility index (Phi) is 6.65. The number of carbonyl (C=O) groups excluding carboxylic acids is 1. The summed E-state index contributed by atoms with van der Waals surface area (Å²) >= 11 is 1.01. The lowest BCUT2D eigenvalue weighted by molar-refractivity contribution is -0.138. The molecule has 1 atom stereocenters. The molecule has 0 radical (unpaired) electrons. The van der Waals surface area contributed by atoms with Gasteiger partial charge < -0.3 is 15.2 Å². The summed E-state index contributed by atoms with van der Waals surface area (Å²) in [4.78, 5) is 22.3. The molecule has 1 aliphatic heterocycles. The number of halogens is 1. The SMILES string of the molecule is CC(C)OCc1cc(F)ccc1C=NN=C1NC(=O)C(CC(=O)O)S1. The maximum absolute atomic E-state index is 13.4. The third-order valence-electron chi connectivity index (χ3n) is 3.16. The molecule has 1 saturated heterocycles. The first-order valence-electron chi connectivity index (χ1n) is 7.55. The zero-order chi connectivity index (χ0) is 18.4. The van der Waals surface area contributed by atoms with Crippen molar-refractivity contribution in [2.24, 2.45) is 10.2 Å². The number of thioether (sulfide) groups is 1. The number of hydrogen-bond acceptors (Lipinski definition) is 6. The van der Waals surface area contributed by atoms with Crippen molar-refractivity contribution in [1.29, 1.82) is 0 Å². The number of hydrogen-bond donors (Lipinski definition) is 2. The van der Waals surface area contributed by atoms with Gasteiger partial charge in [0.2, 0.25) is 5.91 Å². The van der Waals surface area contributed by atoms with Crippen LogP contribution in [0.5, 0.6) is 0 Å². The second kappa shape index (κ2) is 8.72. The molecule has 134 valence electrons. The highest BCUT2D eigenvalue weighted by Gasteiger charge is 2.32. The van der Waals surface area contributed by atoms with Crippen LogP contribution in [-0.2, 0) is 20.9 Å². The van der Waals surface area contributed by atoms with Crippen LogP contribution >= 0.6 is 11.8 Å². The monoisotopic (exact) mass is 367 g/mol. The number of rotatable bonds is 7. The Morgan fingerprint density at radius 3 is 2.96 bits per heavy atom. The summed E-state index contributed by atoms with van der Waals surface area (Å²) in [6.07, 6.45) is 1.15. The van der Waals surface area contributed by atoms with Crippen molar-refractivity contribution in [1.82, 2.24) is 5.32 Å². The molecule has 1 amide bonds. The average Bonchev–Trinajstić information content (AvgIpc) is 2.86. The van der Waals surface area contributed by atoms with E-state index in [1.165, 1.54) is 18.3 Å². The van der Waals surface area contributed by atoms with E-state index >= 15 is 0 Å². The van der Waals surface area contributed by atoms with Crippen LogP contribution in [0.1, 0.15) is 31.4 Å². The molecule has 1 aromatic rings. The smallest absolute Gasteiger partial charge is 0.305 e. The highest BCUT2D eigenvalue weighted by molar-refractivity contribution is 8.15. The van der Waals surface area contributed by atoms with Gasteiger partial charge in [0.05, 0.1) is 25.3 Å². The summed E-state index contributed by atoms with van der Waals surface area (Å²) in [5.74, 6) is -1.84. The Morgan fingerprint density at radius 1 is 1.52 bits per heavy atom. The van der Waals surface area contributed by atoms with Crippen LogP contribution in [0.3, 0.4) is 0 Å². The first-order chi connectivity index (χ1) is 11.8. The number of carboxylic acid groups (broad SMARTS) is 1. The van der Waals surface area contributed by atoms with Crippen LogP contribution < -0.4 is 5.32 Å².